The molecule has 6 nitrogen and oxygen atoms in total. The second-order valence-electron chi connectivity index (χ2n) is 12.0. The Labute approximate surface area is 230 Å². The fourth-order valence-corrected chi connectivity index (χ4v) is 6.85. The summed E-state index contributed by atoms with van der Waals surface area (Å²) in [6.45, 7) is 16.0. The smallest absolute Gasteiger partial charge is 0.254 e. The first-order valence-corrected chi connectivity index (χ1v) is 15.6. The monoisotopic (exact) mass is 542 g/mol. The van der Waals surface area contributed by atoms with Gasteiger partial charge in [-0.05, 0) is 101 Å². The van der Waals surface area contributed by atoms with Gasteiger partial charge in [0.1, 0.15) is 5.60 Å². The third kappa shape index (κ3) is 7.82. The molecular weight excluding hydrogens is 496 g/mol. The zero-order chi connectivity index (χ0) is 28.1. The van der Waals surface area contributed by atoms with Gasteiger partial charge in [0.2, 0.25) is 0 Å². The van der Waals surface area contributed by atoms with Gasteiger partial charge in [0.15, 0.2) is 11.5 Å². The highest BCUT2D eigenvalue weighted by Gasteiger charge is 2.32. The molecular formula is C31H46N2O4S. The third-order valence-electron chi connectivity index (χ3n) is 7.08. The Balaban J connectivity index is 1.75. The number of hydrogen-bond donors (Lipinski definition) is 1. The lowest BCUT2D eigenvalue weighted by Crippen LogP contribution is -2.40. The van der Waals surface area contributed by atoms with Crippen molar-refractivity contribution in [3.8, 4) is 11.5 Å². The number of unbranched alkanes of at least 4 members (excludes halogenated alkanes) is 1. The van der Waals surface area contributed by atoms with Crippen molar-refractivity contribution in [1.29, 1.82) is 0 Å². The van der Waals surface area contributed by atoms with Crippen LogP contribution in [0, 0.1) is 0 Å². The van der Waals surface area contributed by atoms with E-state index in [0.29, 0.717) is 29.2 Å². The second-order valence-corrected chi connectivity index (χ2v) is 14.4. The summed E-state index contributed by atoms with van der Waals surface area (Å²) < 4.78 is 24.1. The van der Waals surface area contributed by atoms with Gasteiger partial charge in [-0.15, -0.1) is 0 Å². The summed E-state index contributed by atoms with van der Waals surface area (Å²) in [5.74, 6) is 0.832. The molecule has 2 aromatic carbocycles. The molecule has 210 valence electrons. The third-order valence-corrected chi connectivity index (χ3v) is 9.41. The molecule has 0 fully saturated rings. The van der Waals surface area contributed by atoms with Crippen molar-refractivity contribution in [2.45, 2.75) is 116 Å². The number of carbonyl (C=O) groups is 1. The quantitative estimate of drug-likeness (QED) is 0.323. The molecule has 0 saturated carbocycles. The van der Waals surface area contributed by atoms with Crippen molar-refractivity contribution in [2.24, 2.45) is 4.36 Å². The maximum atomic E-state index is 13.9. The van der Waals surface area contributed by atoms with Gasteiger partial charge in [-0.25, -0.2) is 4.21 Å². The van der Waals surface area contributed by atoms with Crippen LogP contribution in [0.4, 0.5) is 0 Å². The van der Waals surface area contributed by atoms with E-state index in [9.17, 15) is 14.1 Å². The highest BCUT2D eigenvalue weighted by molar-refractivity contribution is 7.94. The fourth-order valence-electron chi connectivity index (χ4n) is 4.71. The highest BCUT2D eigenvalue weighted by Crippen LogP contribution is 2.35. The number of phenols is 1. The van der Waals surface area contributed by atoms with E-state index in [0.717, 1.165) is 44.3 Å². The zero-order valence-electron chi connectivity index (χ0n) is 24.3. The molecule has 1 unspecified atom stereocenters. The Morgan fingerprint density at radius 1 is 1.03 bits per heavy atom. The molecule has 1 atom stereocenters. The molecule has 0 bridgehead atoms. The lowest BCUT2D eigenvalue weighted by Gasteiger charge is -2.35. The molecule has 1 aliphatic heterocycles. The first-order valence-electron chi connectivity index (χ1n) is 13.9. The van der Waals surface area contributed by atoms with Gasteiger partial charge in [-0.1, -0.05) is 32.4 Å². The predicted molar refractivity (Wildman–Crippen MR) is 155 cm³/mol. The van der Waals surface area contributed by atoms with Crippen molar-refractivity contribution in [1.82, 2.24) is 4.90 Å². The van der Waals surface area contributed by atoms with Crippen molar-refractivity contribution in [3.63, 3.8) is 0 Å². The average molecular weight is 543 g/mol. The molecule has 1 heterocycles. The van der Waals surface area contributed by atoms with E-state index in [4.69, 9.17) is 4.74 Å². The zero-order valence-corrected chi connectivity index (χ0v) is 25.1. The van der Waals surface area contributed by atoms with Gasteiger partial charge < -0.3 is 9.84 Å². The Bertz CT molecular complexity index is 1250. The number of benzene rings is 2. The normalized spacial score (nSPS) is 15.7. The van der Waals surface area contributed by atoms with Crippen LogP contribution in [0.5, 0.6) is 11.5 Å². The van der Waals surface area contributed by atoms with Crippen molar-refractivity contribution in [3.05, 3.63) is 53.1 Å². The van der Waals surface area contributed by atoms with E-state index in [2.05, 4.69) is 36.1 Å². The number of nitrogens with zero attached hydrogens (tertiary/aromatic N) is 2. The van der Waals surface area contributed by atoms with Crippen LogP contribution >= 0.6 is 0 Å². The van der Waals surface area contributed by atoms with Gasteiger partial charge in [0.05, 0.1) is 9.73 Å². The average Bonchev–Trinajstić information content (AvgIpc) is 3.27. The van der Waals surface area contributed by atoms with Crippen LogP contribution in [0.15, 0.2) is 45.7 Å². The number of ether oxygens (including phenoxy) is 1. The first kappa shape index (κ1) is 30.2. The molecule has 0 saturated heterocycles. The Hall–Kier alpha value is -2.38. The van der Waals surface area contributed by atoms with Crippen LogP contribution in [0.25, 0.3) is 0 Å². The van der Waals surface area contributed by atoms with Crippen LogP contribution in [-0.2, 0) is 34.0 Å². The van der Waals surface area contributed by atoms with Crippen LogP contribution in [0.2, 0.25) is 0 Å². The van der Waals surface area contributed by atoms with Gasteiger partial charge in [0, 0.05) is 35.7 Å². The van der Waals surface area contributed by atoms with Gasteiger partial charge in [-0.2, -0.15) is 4.36 Å². The fraction of sp³-hybridized carbons (Fsp3) is 0.581. The number of carbonyl (C=O) groups excluding carboxylic acids is 1. The molecule has 7 heteroatoms. The maximum Gasteiger partial charge on any atom is 0.254 e. The largest absolute Gasteiger partial charge is 0.504 e. The Morgan fingerprint density at radius 2 is 1.74 bits per heavy atom. The van der Waals surface area contributed by atoms with E-state index < -0.39 is 9.73 Å². The maximum absolute atomic E-state index is 13.9. The number of phenolic OH excluding ortho intramolecular Hbond substituents is 1. The molecule has 3 rings (SSSR count). The van der Waals surface area contributed by atoms with Crippen molar-refractivity contribution < 1.29 is 18.8 Å². The molecule has 0 aliphatic carbocycles. The molecule has 0 radical (unpaired) electrons. The Morgan fingerprint density at radius 3 is 2.39 bits per heavy atom. The number of aryl methyl sites for hydroxylation is 1. The molecule has 0 spiro atoms. The molecule has 1 amide bonds. The van der Waals surface area contributed by atoms with Crippen LogP contribution in [-0.4, -0.2) is 37.0 Å². The lowest BCUT2D eigenvalue weighted by atomic mass is 9.93. The predicted octanol–water partition coefficient (Wildman–Crippen LogP) is 7.25. The van der Waals surface area contributed by atoms with Crippen molar-refractivity contribution >= 4 is 15.6 Å². The highest BCUT2D eigenvalue weighted by atomic mass is 32.2. The number of rotatable bonds is 11. The summed E-state index contributed by atoms with van der Waals surface area (Å²) in [4.78, 5) is 15.5. The van der Waals surface area contributed by atoms with E-state index >= 15 is 0 Å². The molecule has 38 heavy (non-hydrogen) atoms. The standard InChI is InChI=1S/C31H46N2O4S/c1-8-10-18-38(36,32-29(35)11-9-2)26-14-13-24-21-33(22-25(24)20-26)31(6,7)17-16-23-12-15-27(34)28(19-23)37-30(3,4)5/h12-15,19-20,34H,8-11,16-18,21-22H2,1-7H3. The van der Waals surface area contributed by atoms with Crippen LogP contribution in [0.3, 0.4) is 0 Å². The lowest BCUT2D eigenvalue weighted by molar-refractivity contribution is -0.117. The topological polar surface area (TPSA) is 79.2 Å². The first-order chi connectivity index (χ1) is 17.8. The van der Waals surface area contributed by atoms with Crippen molar-refractivity contribution in [2.75, 3.05) is 5.75 Å². The van der Waals surface area contributed by atoms with E-state index in [1.165, 1.54) is 11.1 Å². The minimum atomic E-state index is -2.77. The SMILES string of the molecule is CCCCS(=O)(=NC(=O)CCC)c1ccc2c(c1)CN(C(C)(C)CCc1ccc(O)c(OC(C)(C)C)c1)C2. The Kier molecular flexibility index (Phi) is 9.69. The summed E-state index contributed by atoms with van der Waals surface area (Å²) in [5.41, 5.74) is 3.08. The van der Waals surface area contributed by atoms with Crippen LogP contribution < -0.4 is 4.74 Å². The minimum Gasteiger partial charge on any atom is -0.504 e. The van der Waals surface area contributed by atoms with Gasteiger partial charge >= 0.3 is 0 Å². The molecule has 1 aliphatic rings. The second kappa shape index (κ2) is 12.2. The summed E-state index contributed by atoms with van der Waals surface area (Å²) in [6, 6.07) is 11.6. The summed E-state index contributed by atoms with van der Waals surface area (Å²) in [5, 5.41) is 10.2. The van der Waals surface area contributed by atoms with Gasteiger partial charge in [-0.3, -0.25) is 9.69 Å². The number of aromatic hydroxyl groups is 1. The molecule has 0 aromatic heterocycles. The van der Waals surface area contributed by atoms with E-state index in [1.54, 1.807) is 6.07 Å². The van der Waals surface area contributed by atoms with E-state index in [1.807, 2.05) is 52.0 Å². The number of hydrogen-bond acceptors (Lipinski definition) is 5. The molecule has 1 N–H and O–H groups in total. The van der Waals surface area contributed by atoms with Crippen LogP contribution in [0.1, 0.15) is 97.3 Å². The van der Waals surface area contributed by atoms with Gasteiger partial charge in [0.25, 0.3) is 5.91 Å². The summed E-state index contributed by atoms with van der Waals surface area (Å²) in [6.07, 6.45) is 4.51. The summed E-state index contributed by atoms with van der Waals surface area (Å²) in [7, 11) is -2.77. The summed E-state index contributed by atoms with van der Waals surface area (Å²) >= 11 is 0. The number of fused-ring (bicyclic) bond motifs is 1. The van der Waals surface area contributed by atoms with E-state index in [-0.39, 0.29) is 22.8 Å². The number of amides is 1. The molecule has 2 aromatic rings. The minimum absolute atomic E-state index is 0.0762.